The minimum atomic E-state index is -0.425. The number of pyridine rings is 2. The average Bonchev–Trinajstić information content (AvgIpc) is 1.60. The number of hydrogen-bond donors (Lipinski definition) is 3. The zero-order valence-corrected chi connectivity index (χ0v) is 71.2. The third kappa shape index (κ3) is 22.0. The lowest BCUT2D eigenvalue weighted by Crippen LogP contribution is -2.40. The van der Waals surface area contributed by atoms with Gasteiger partial charge in [-0.15, -0.1) is 40.8 Å². The van der Waals surface area contributed by atoms with Crippen LogP contribution < -0.4 is 33.8 Å². The van der Waals surface area contributed by atoms with E-state index < -0.39 is 5.91 Å². The lowest BCUT2D eigenvalue weighted by atomic mass is 10.1. The monoisotopic (exact) mass is 1750 g/mol. The molecule has 8 amide bonds. The van der Waals surface area contributed by atoms with Crippen LogP contribution in [-0.4, -0.2) is 192 Å². The average molecular weight is 1760 g/mol. The summed E-state index contributed by atoms with van der Waals surface area (Å²) < 4.78 is 38.1. The van der Waals surface area contributed by atoms with Crippen molar-refractivity contribution >= 4 is 93.2 Å². The van der Waals surface area contributed by atoms with Crippen molar-refractivity contribution in [3.8, 4) is 23.3 Å². The summed E-state index contributed by atoms with van der Waals surface area (Å²) in [5.41, 5.74) is 8.14. The highest BCUT2D eigenvalue weighted by Gasteiger charge is 2.37. The maximum atomic E-state index is 13.5. The second-order valence-electron chi connectivity index (χ2n) is 29.2. The Morgan fingerprint density at radius 1 is 0.373 bits per heavy atom. The van der Waals surface area contributed by atoms with Gasteiger partial charge in [0.05, 0.1) is 89.7 Å². The SMILES string of the molecule is CCCOc1ccc(C(=O)N2CC(=O)N(Cc3nnc(C)o3)Cc3ccccc32)c(Cl)c1.Cc1nnc(CN2Cc3ccccc3N(C(=O)c3ccc(O)cc3Cl)CC2=O)o1.Cc1nnc(CN2Cc3ccccc3N(C(=O)c3ccc(OCCCO)nc3C)CC2=O)o1.Cc1nnc(CN2Cc3ccccc3N(C(=O)c3ccc(OCCO)nc3C)CC2=O)o1. The number of phenolic OH excluding ortho intramolecular Hbond substituents is 1. The van der Waals surface area contributed by atoms with E-state index in [1.54, 1.807) is 116 Å². The molecular weight excluding hydrogens is 1670 g/mol. The van der Waals surface area contributed by atoms with Crippen LogP contribution in [0.2, 0.25) is 10.0 Å². The zero-order chi connectivity index (χ0) is 89.2. The number of rotatable bonds is 22. The summed E-state index contributed by atoms with van der Waals surface area (Å²) in [5, 5.41) is 58.9. The van der Waals surface area contributed by atoms with Gasteiger partial charge in [0, 0.05) is 102 Å². The number of carbonyl (C=O) groups excluding carboxylic acids is 8. The van der Waals surface area contributed by atoms with Crippen molar-refractivity contribution in [1.29, 1.82) is 0 Å². The highest BCUT2D eigenvalue weighted by Crippen LogP contribution is 2.36. The van der Waals surface area contributed by atoms with Crippen LogP contribution in [0.15, 0.2) is 175 Å². The molecule has 4 aliphatic rings. The van der Waals surface area contributed by atoms with Gasteiger partial charge in [-0.25, -0.2) is 9.97 Å². The van der Waals surface area contributed by atoms with Crippen molar-refractivity contribution in [3.05, 3.63) is 271 Å². The van der Waals surface area contributed by atoms with Gasteiger partial charge in [-0.05, 0) is 115 Å². The first-order chi connectivity index (χ1) is 60.8. The Labute approximate surface area is 731 Å². The molecule has 36 nitrogen and oxygen atoms in total. The molecule has 0 aliphatic carbocycles. The normalized spacial score (nSPS) is 13.7. The number of amides is 8. The van der Waals surface area contributed by atoms with Gasteiger partial charge in [0.2, 0.25) is 82.5 Å². The number of aromatic hydroxyl groups is 1. The molecule has 12 aromatic rings. The van der Waals surface area contributed by atoms with Crippen molar-refractivity contribution in [2.75, 3.05) is 78.8 Å². The van der Waals surface area contributed by atoms with E-state index in [-0.39, 0.29) is 135 Å². The summed E-state index contributed by atoms with van der Waals surface area (Å²) in [6, 6.07) is 45.1. The Bertz CT molecular complexity index is 5800. The van der Waals surface area contributed by atoms with E-state index in [2.05, 4.69) is 50.8 Å². The number of phenols is 1. The Morgan fingerprint density at radius 3 is 0.992 bits per heavy atom. The highest BCUT2D eigenvalue weighted by molar-refractivity contribution is 6.35. The zero-order valence-electron chi connectivity index (χ0n) is 69.7. The predicted octanol–water partition coefficient (Wildman–Crippen LogP) is 10.6. The maximum absolute atomic E-state index is 13.5. The van der Waals surface area contributed by atoms with E-state index in [1.165, 1.54) is 37.8 Å². The van der Waals surface area contributed by atoms with Crippen LogP contribution in [-0.2, 0) is 71.5 Å². The second kappa shape index (κ2) is 41.2. The minimum Gasteiger partial charge on any atom is -0.508 e. The number of nitrogens with zero attached hydrogens (tertiary/aromatic N) is 18. The van der Waals surface area contributed by atoms with Gasteiger partial charge in [-0.1, -0.05) is 103 Å². The minimum absolute atomic E-state index is 0.0288. The quantitative estimate of drug-likeness (QED) is 0.0531. The molecule has 126 heavy (non-hydrogen) atoms. The van der Waals surface area contributed by atoms with Crippen LogP contribution in [0.4, 0.5) is 22.7 Å². The van der Waals surface area contributed by atoms with E-state index in [4.69, 9.17) is 65.3 Å². The smallest absolute Gasteiger partial charge is 0.260 e. The van der Waals surface area contributed by atoms with Crippen molar-refractivity contribution in [2.24, 2.45) is 0 Å². The van der Waals surface area contributed by atoms with E-state index in [0.29, 0.717) is 161 Å². The predicted molar refractivity (Wildman–Crippen MR) is 454 cm³/mol. The molecule has 38 heteroatoms. The summed E-state index contributed by atoms with van der Waals surface area (Å²) in [4.78, 5) is 127. The second-order valence-corrected chi connectivity index (χ2v) is 30.0. The number of aliphatic hydroxyl groups is 2. The summed E-state index contributed by atoms with van der Waals surface area (Å²) in [7, 11) is 0. The standard InChI is InChI=1S/C23H23ClN4O4.C23H25N5O5.C22H23N5O5.C20H17ClN4O4/c1-3-10-31-17-8-9-18(19(24)11-17)23(30)28-14-22(29)27(13-21-26-25-15(2)32-21)12-16-6-4-5-7-20(16)28;1-15-18(8-9-20(24-15)32-11-5-10-29)23(31)28-14-22(30)27(13-21-26-25-16(2)33-21)12-17-6-3-4-7-19(17)28;1-14-17(7-8-19(23-14)31-10-9-28)22(30)27-13-21(29)26(12-20-25-24-15(2)32-20)11-16-5-3-4-6-18(16)27;1-12-22-23-18(29-12)10-24-9-13-4-2-3-5-17(13)25(11-19(24)27)20(28)15-7-6-14(26)8-16(15)21/h4-9,11H,3,10,12-14H2,1-2H3;3-4,6-9,29H,5,10-14H2,1-2H3;3-8,28H,9-13H2,1-2H3;2-8,26H,9-11H2,1H3. The highest BCUT2D eigenvalue weighted by atomic mass is 35.5. The molecule has 0 saturated heterocycles. The lowest BCUT2D eigenvalue weighted by molar-refractivity contribution is -0.131. The summed E-state index contributed by atoms with van der Waals surface area (Å²) >= 11 is 12.6. The summed E-state index contributed by atoms with van der Waals surface area (Å²) in [5.74, 6) is 1.92. The number of aryl methyl sites for hydroxylation is 6. The fourth-order valence-corrected chi connectivity index (χ4v) is 14.5. The third-order valence-corrected chi connectivity index (χ3v) is 20.6. The fourth-order valence-electron chi connectivity index (χ4n) is 14.0. The van der Waals surface area contributed by atoms with Crippen LogP contribution >= 0.6 is 23.2 Å². The lowest BCUT2D eigenvalue weighted by Gasteiger charge is -2.23. The first-order valence-electron chi connectivity index (χ1n) is 40.0. The van der Waals surface area contributed by atoms with Crippen molar-refractivity contribution in [1.82, 2.24) is 70.4 Å². The van der Waals surface area contributed by atoms with Gasteiger partial charge in [-0.2, -0.15) is 0 Å². The van der Waals surface area contributed by atoms with Crippen LogP contribution in [0.5, 0.6) is 23.3 Å². The number of aliphatic hydroxyl groups excluding tert-OH is 2. The molecule has 0 saturated carbocycles. The molecule has 6 aromatic carbocycles. The number of halogens is 2. The van der Waals surface area contributed by atoms with Gasteiger partial charge in [0.15, 0.2) is 0 Å². The van der Waals surface area contributed by atoms with Gasteiger partial charge in [-0.3, -0.25) is 58.0 Å². The van der Waals surface area contributed by atoms with E-state index in [1.807, 2.05) is 91.9 Å². The summed E-state index contributed by atoms with van der Waals surface area (Å²) in [6.45, 7) is 14.4. The molecule has 0 radical (unpaired) electrons. The number of carbonyl (C=O) groups is 8. The number of fused-ring (bicyclic) bond motifs is 4. The first kappa shape index (κ1) is 89.4. The fraction of sp³-hybridized carbons (Fsp3) is 0.295. The number of para-hydroxylation sites is 4. The number of benzene rings is 6. The topological polar surface area (TPSA) is 432 Å². The molecule has 6 aromatic heterocycles. The Balaban J connectivity index is 0.000000144. The van der Waals surface area contributed by atoms with Crippen LogP contribution in [0, 0.1) is 41.5 Å². The van der Waals surface area contributed by atoms with E-state index in [9.17, 15) is 43.5 Å². The first-order valence-corrected chi connectivity index (χ1v) is 40.8. The Hall–Kier alpha value is -14.4. The molecule has 0 fully saturated rings. The molecule has 3 N–H and O–H groups in total. The van der Waals surface area contributed by atoms with Crippen LogP contribution in [0.25, 0.3) is 0 Å². The van der Waals surface area contributed by atoms with Gasteiger partial charge in [0.1, 0.15) is 44.3 Å². The molecule has 652 valence electrons. The molecule has 4 aliphatic heterocycles. The summed E-state index contributed by atoms with van der Waals surface area (Å²) in [6.07, 6.45) is 1.36. The van der Waals surface area contributed by atoms with Crippen molar-refractivity contribution < 1.29 is 85.6 Å². The molecule has 10 heterocycles. The molecule has 16 rings (SSSR count). The number of ether oxygens (including phenoxy) is 3. The number of aromatic nitrogens is 10. The molecule has 0 atom stereocenters. The Morgan fingerprint density at radius 2 is 0.690 bits per heavy atom. The van der Waals surface area contributed by atoms with Crippen LogP contribution in [0.3, 0.4) is 0 Å². The molecular formula is C88H88Cl2N18O18. The molecule has 0 spiro atoms. The molecule has 0 bridgehead atoms. The van der Waals surface area contributed by atoms with E-state index in [0.717, 1.165) is 28.7 Å². The van der Waals surface area contributed by atoms with Gasteiger partial charge < -0.3 is 66.8 Å². The number of anilines is 4. The largest absolute Gasteiger partial charge is 0.508 e. The van der Waals surface area contributed by atoms with Gasteiger partial charge in [0.25, 0.3) is 23.6 Å². The maximum Gasteiger partial charge on any atom is 0.260 e. The van der Waals surface area contributed by atoms with Crippen molar-refractivity contribution in [3.63, 3.8) is 0 Å². The van der Waals surface area contributed by atoms with E-state index >= 15 is 0 Å². The van der Waals surface area contributed by atoms with Crippen molar-refractivity contribution in [2.45, 2.75) is 114 Å². The molecule has 0 unspecified atom stereocenters. The van der Waals surface area contributed by atoms with Gasteiger partial charge >= 0.3 is 0 Å². The number of hydrogen-bond acceptors (Lipinski definition) is 28. The third-order valence-electron chi connectivity index (χ3n) is 20.0. The Kier molecular flexibility index (Phi) is 29.2. The van der Waals surface area contributed by atoms with Crippen LogP contribution in [0.1, 0.15) is 142 Å².